The Kier molecular flexibility index (Phi) is 3.91. The van der Waals surface area contributed by atoms with Gasteiger partial charge in [-0.25, -0.2) is 0 Å². The second-order valence-corrected chi connectivity index (χ2v) is 9.37. The normalized spacial score (nSPS) is 48.9. The summed E-state index contributed by atoms with van der Waals surface area (Å²) in [5.41, 5.74) is 1.00. The summed E-state index contributed by atoms with van der Waals surface area (Å²) < 4.78 is 5.31. The zero-order chi connectivity index (χ0) is 18.0. The number of ether oxygens (including phenoxy) is 1. The van der Waals surface area contributed by atoms with Crippen LogP contribution in [0.25, 0.3) is 0 Å². The quantitative estimate of drug-likeness (QED) is 0.739. The molecule has 0 saturated heterocycles. The van der Waals surface area contributed by atoms with E-state index < -0.39 is 12.2 Å². The standard InChI is InChI=1S/C21H30O4/c1-12(22)25-17-7-10-21(3)14-6-9-20(2)8-4-5-13(20)18(14)16(23)11-15(21)19(17)24/h11,13-14,17-19,24H,4-10H2,1-3H3. The van der Waals surface area contributed by atoms with Gasteiger partial charge < -0.3 is 9.84 Å². The molecule has 25 heavy (non-hydrogen) atoms. The minimum atomic E-state index is -0.843. The number of esters is 1. The molecule has 0 bridgehead atoms. The van der Waals surface area contributed by atoms with Crippen molar-refractivity contribution >= 4 is 11.8 Å². The van der Waals surface area contributed by atoms with Crippen LogP contribution in [-0.4, -0.2) is 29.1 Å². The molecule has 0 heterocycles. The third-order valence-electron chi connectivity index (χ3n) is 8.09. The third-order valence-corrected chi connectivity index (χ3v) is 8.09. The van der Waals surface area contributed by atoms with Crippen molar-refractivity contribution in [3.63, 3.8) is 0 Å². The van der Waals surface area contributed by atoms with E-state index in [1.165, 1.54) is 32.6 Å². The fourth-order valence-corrected chi connectivity index (χ4v) is 6.76. The number of hydrogen-bond donors (Lipinski definition) is 1. The van der Waals surface area contributed by atoms with E-state index in [9.17, 15) is 14.7 Å². The van der Waals surface area contributed by atoms with Gasteiger partial charge in [-0.05, 0) is 72.8 Å². The highest BCUT2D eigenvalue weighted by molar-refractivity contribution is 5.94. The van der Waals surface area contributed by atoms with Crippen molar-refractivity contribution in [3.05, 3.63) is 11.6 Å². The molecule has 0 aromatic carbocycles. The number of carbonyl (C=O) groups is 2. The molecule has 7 unspecified atom stereocenters. The van der Waals surface area contributed by atoms with Crippen molar-refractivity contribution < 1.29 is 19.4 Å². The first-order valence-corrected chi connectivity index (χ1v) is 9.87. The van der Waals surface area contributed by atoms with E-state index >= 15 is 0 Å². The Morgan fingerprint density at radius 3 is 2.64 bits per heavy atom. The number of fused-ring (bicyclic) bond motifs is 5. The lowest BCUT2D eigenvalue weighted by Gasteiger charge is -2.57. The summed E-state index contributed by atoms with van der Waals surface area (Å²) in [6.45, 7) is 5.98. The van der Waals surface area contributed by atoms with Crippen LogP contribution in [0, 0.1) is 28.6 Å². The highest BCUT2D eigenvalue weighted by Crippen LogP contribution is 2.64. The maximum atomic E-state index is 13.1. The van der Waals surface area contributed by atoms with Gasteiger partial charge in [0.05, 0.1) is 0 Å². The summed E-state index contributed by atoms with van der Waals surface area (Å²) >= 11 is 0. The van der Waals surface area contributed by atoms with Crippen LogP contribution >= 0.6 is 0 Å². The van der Waals surface area contributed by atoms with Crippen LogP contribution in [0.4, 0.5) is 0 Å². The van der Waals surface area contributed by atoms with Crippen molar-refractivity contribution in [3.8, 4) is 0 Å². The number of hydrogen-bond acceptors (Lipinski definition) is 4. The van der Waals surface area contributed by atoms with Gasteiger partial charge in [-0.2, -0.15) is 0 Å². The van der Waals surface area contributed by atoms with E-state index in [1.807, 2.05) is 0 Å². The topological polar surface area (TPSA) is 63.6 Å². The van der Waals surface area contributed by atoms with E-state index in [-0.39, 0.29) is 23.1 Å². The molecule has 3 fully saturated rings. The first kappa shape index (κ1) is 17.3. The summed E-state index contributed by atoms with van der Waals surface area (Å²) in [7, 11) is 0. The first-order valence-electron chi connectivity index (χ1n) is 9.87. The molecule has 0 aromatic rings. The van der Waals surface area contributed by atoms with Crippen molar-refractivity contribution in [2.45, 2.75) is 77.9 Å². The van der Waals surface area contributed by atoms with Gasteiger partial charge in [-0.3, -0.25) is 9.59 Å². The summed E-state index contributed by atoms with van der Waals surface area (Å²) in [5, 5.41) is 10.8. The molecule has 4 rings (SSSR count). The van der Waals surface area contributed by atoms with Crippen molar-refractivity contribution in [1.82, 2.24) is 0 Å². The minimum absolute atomic E-state index is 0.118. The number of carbonyl (C=O) groups excluding carboxylic acids is 2. The first-order chi connectivity index (χ1) is 11.8. The molecule has 0 aliphatic heterocycles. The van der Waals surface area contributed by atoms with Crippen molar-refractivity contribution in [2.75, 3.05) is 0 Å². The largest absolute Gasteiger partial charge is 0.459 e. The van der Waals surface area contributed by atoms with E-state index in [4.69, 9.17) is 4.74 Å². The average Bonchev–Trinajstić information content (AvgIpc) is 2.94. The van der Waals surface area contributed by atoms with Gasteiger partial charge in [-0.15, -0.1) is 0 Å². The van der Waals surface area contributed by atoms with Crippen molar-refractivity contribution in [2.24, 2.45) is 28.6 Å². The molecule has 0 aromatic heterocycles. The number of allylic oxidation sites excluding steroid dienone is 1. The average molecular weight is 346 g/mol. The molecule has 4 nitrogen and oxygen atoms in total. The SMILES string of the molecule is CC(=O)OC1CCC2(C)C(=CC(=O)C3C4CCCC4(C)CCC32)C1O. The van der Waals surface area contributed by atoms with Gasteiger partial charge in [-0.1, -0.05) is 20.3 Å². The minimum Gasteiger partial charge on any atom is -0.459 e. The lowest BCUT2D eigenvalue weighted by Crippen LogP contribution is -2.56. The Morgan fingerprint density at radius 2 is 1.92 bits per heavy atom. The van der Waals surface area contributed by atoms with Crippen molar-refractivity contribution in [1.29, 1.82) is 0 Å². The molecule has 4 aliphatic rings. The summed E-state index contributed by atoms with van der Waals surface area (Å²) in [4.78, 5) is 24.4. The van der Waals surface area contributed by atoms with Crippen LogP contribution in [0.3, 0.4) is 0 Å². The number of aliphatic hydroxyl groups excluding tert-OH is 1. The molecule has 7 atom stereocenters. The molecular formula is C21H30O4. The van der Waals surface area contributed by atoms with Gasteiger partial charge in [0.2, 0.25) is 0 Å². The maximum Gasteiger partial charge on any atom is 0.303 e. The highest BCUT2D eigenvalue weighted by Gasteiger charge is 2.60. The van der Waals surface area contributed by atoms with E-state index in [0.717, 1.165) is 18.4 Å². The Balaban J connectivity index is 1.70. The van der Waals surface area contributed by atoms with Gasteiger partial charge in [0.25, 0.3) is 0 Å². The smallest absolute Gasteiger partial charge is 0.303 e. The van der Waals surface area contributed by atoms with E-state index in [1.54, 1.807) is 6.08 Å². The molecule has 0 spiro atoms. The second-order valence-electron chi connectivity index (χ2n) is 9.37. The van der Waals surface area contributed by atoms with Crippen LogP contribution in [0.5, 0.6) is 0 Å². The lowest BCUT2D eigenvalue weighted by molar-refractivity contribution is -0.157. The maximum absolute atomic E-state index is 13.1. The fourth-order valence-electron chi connectivity index (χ4n) is 6.76. The molecule has 0 radical (unpaired) electrons. The predicted molar refractivity (Wildman–Crippen MR) is 93.7 cm³/mol. The number of aliphatic hydroxyl groups is 1. The Hall–Kier alpha value is -1.16. The number of rotatable bonds is 1. The van der Waals surface area contributed by atoms with E-state index in [2.05, 4.69) is 13.8 Å². The summed E-state index contributed by atoms with van der Waals surface area (Å²) in [6, 6.07) is 0. The zero-order valence-electron chi connectivity index (χ0n) is 15.6. The molecule has 138 valence electrons. The van der Waals surface area contributed by atoms with Crippen LogP contribution in [0.1, 0.15) is 65.7 Å². The Bertz CT molecular complexity index is 638. The van der Waals surface area contributed by atoms with Gasteiger partial charge in [0.15, 0.2) is 5.78 Å². The molecule has 0 amide bonds. The second kappa shape index (κ2) is 5.67. The van der Waals surface area contributed by atoms with Crippen LogP contribution in [-0.2, 0) is 14.3 Å². The zero-order valence-corrected chi connectivity index (χ0v) is 15.6. The monoisotopic (exact) mass is 346 g/mol. The van der Waals surface area contributed by atoms with Gasteiger partial charge in [0.1, 0.15) is 12.2 Å². The van der Waals surface area contributed by atoms with Gasteiger partial charge in [0, 0.05) is 12.8 Å². The van der Waals surface area contributed by atoms with Crippen LogP contribution in [0.2, 0.25) is 0 Å². The Labute approximate surface area is 150 Å². The highest BCUT2D eigenvalue weighted by atomic mass is 16.6. The lowest BCUT2D eigenvalue weighted by atomic mass is 9.47. The summed E-state index contributed by atoms with van der Waals surface area (Å²) in [6.07, 6.45) is 7.85. The number of ketones is 1. The Morgan fingerprint density at radius 1 is 1.16 bits per heavy atom. The van der Waals surface area contributed by atoms with Crippen LogP contribution < -0.4 is 0 Å². The van der Waals surface area contributed by atoms with Crippen LogP contribution in [0.15, 0.2) is 11.6 Å². The van der Waals surface area contributed by atoms with E-state index in [0.29, 0.717) is 23.7 Å². The molecule has 3 saturated carbocycles. The third kappa shape index (κ3) is 2.43. The summed E-state index contributed by atoms with van der Waals surface area (Å²) in [5.74, 6) is 0.777. The molecule has 4 heteroatoms. The molecule has 4 aliphatic carbocycles. The molecule has 1 N–H and O–H groups in total. The fraction of sp³-hybridized carbons (Fsp3) is 0.810. The molecular weight excluding hydrogens is 316 g/mol. The van der Waals surface area contributed by atoms with Gasteiger partial charge >= 0.3 is 5.97 Å². The predicted octanol–water partition coefficient (Wildman–Crippen LogP) is 3.42.